The molecule has 2 aliphatic rings. The maximum Gasteiger partial charge on any atom is 0.417 e. The Kier molecular flexibility index (Phi) is 7.84. The van der Waals surface area contributed by atoms with Gasteiger partial charge in [-0.05, 0) is 60.7 Å². The van der Waals surface area contributed by atoms with Crippen LogP contribution in [0.3, 0.4) is 0 Å². The number of nitrogens with zero attached hydrogens (tertiary/aromatic N) is 2. The molecule has 0 spiro atoms. The normalized spacial score (nSPS) is 21.0. The molecule has 0 radical (unpaired) electrons. The van der Waals surface area contributed by atoms with Gasteiger partial charge in [0.1, 0.15) is 0 Å². The zero-order valence-electron chi connectivity index (χ0n) is 21.7. The fourth-order valence-corrected chi connectivity index (χ4v) is 7.81. The molecule has 5 rings (SSSR count). The topological polar surface area (TPSA) is 84.2 Å². The van der Waals surface area contributed by atoms with Crippen molar-refractivity contribution in [3.8, 4) is 11.1 Å². The highest BCUT2D eigenvalue weighted by molar-refractivity contribution is 8.22. The van der Waals surface area contributed by atoms with Gasteiger partial charge in [0, 0.05) is 30.9 Å². The van der Waals surface area contributed by atoms with E-state index in [1.165, 1.54) is 6.07 Å². The summed E-state index contributed by atoms with van der Waals surface area (Å²) in [6.07, 6.45) is 0.380. The molecule has 1 heterocycles. The van der Waals surface area contributed by atoms with Gasteiger partial charge in [-0.1, -0.05) is 55.1 Å². The van der Waals surface area contributed by atoms with Crippen molar-refractivity contribution in [3.05, 3.63) is 76.8 Å². The van der Waals surface area contributed by atoms with E-state index in [2.05, 4.69) is 0 Å². The van der Waals surface area contributed by atoms with E-state index in [-0.39, 0.29) is 33.0 Å². The van der Waals surface area contributed by atoms with Crippen LogP contribution in [-0.4, -0.2) is 44.1 Å². The second kappa shape index (κ2) is 10.9. The van der Waals surface area contributed by atoms with E-state index < -0.39 is 34.0 Å². The molecule has 1 aliphatic heterocycles. The third kappa shape index (κ3) is 5.31. The predicted octanol–water partition coefficient (Wildman–Crippen LogP) is 8.78. The largest absolute Gasteiger partial charge is 0.478 e. The van der Waals surface area contributed by atoms with Gasteiger partial charge in [-0.25, -0.2) is 4.79 Å². The van der Waals surface area contributed by atoms with Crippen molar-refractivity contribution < 1.29 is 32.2 Å². The van der Waals surface area contributed by atoms with E-state index in [4.69, 9.17) is 11.6 Å². The number of carboxylic acids is 1. The molecule has 1 unspecified atom stereocenters. The Morgan fingerprint density at radius 3 is 2.30 bits per heavy atom. The molecule has 40 heavy (non-hydrogen) atoms. The Labute approximate surface area is 237 Å². The number of fused-ring (bicyclic) bond motifs is 1. The number of aromatic carboxylic acids is 1. The molecule has 1 saturated carbocycles. The third-order valence-corrected chi connectivity index (χ3v) is 10.3. The third-order valence-electron chi connectivity index (χ3n) is 8.00. The second-order valence-electron chi connectivity index (χ2n) is 10.3. The van der Waals surface area contributed by atoms with Crippen LogP contribution >= 0.6 is 22.4 Å². The van der Waals surface area contributed by atoms with E-state index in [9.17, 15) is 32.2 Å². The number of carbonyl (C=O) groups is 1. The number of hydrogen-bond donors (Lipinski definition) is 3. The van der Waals surface area contributed by atoms with Gasteiger partial charge < -0.3 is 10.0 Å². The van der Waals surface area contributed by atoms with Crippen molar-refractivity contribution in [2.24, 2.45) is 5.92 Å². The van der Waals surface area contributed by atoms with Crippen molar-refractivity contribution in [1.82, 2.24) is 4.31 Å². The molecule has 3 aromatic rings. The standard InChI is InChI=1S/C29H30ClF3N2O4S/c1-34-26(18-8-4-2-5-9-18)17-35(20-10-6-3-7-11-20)25-16-24(30)21(15-27(25)40(34,38)39)19-12-13-23(29(31,32)33)22(14-19)28(36)37/h3,6-7,10-16,18,26,38-39H,2,4-5,8-9,17H2,1H3,(H,36,37). The van der Waals surface area contributed by atoms with E-state index in [1.807, 2.05) is 35.2 Å². The van der Waals surface area contributed by atoms with E-state index in [0.717, 1.165) is 49.9 Å². The molecule has 0 bridgehead atoms. The van der Waals surface area contributed by atoms with Crippen molar-refractivity contribution >= 4 is 39.7 Å². The quantitative estimate of drug-likeness (QED) is 0.280. The summed E-state index contributed by atoms with van der Waals surface area (Å²) in [6.45, 7) is 0.479. The lowest BCUT2D eigenvalue weighted by atomic mass is 9.83. The van der Waals surface area contributed by atoms with Crippen LogP contribution in [0, 0.1) is 5.92 Å². The highest BCUT2D eigenvalue weighted by atomic mass is 35.5. The van der Waals surface area contributed by atoms with Crippen LogP contribution in [0.4, 0.5) is 24.5 Å². The molecular formula is C29H30ClF3N2O4S. The molecule has 1 fully saturated rings. The summed E-state index contributed by atoms with van der Waals surface area (Å²) in [5.41, 5.74) is -0.547. The molecule has 214 valence electrons. The zero-order chi connectivity index (χ0) is 28.8. The van der Waals surface area contributed by atoms with Crippen LogP contribution < -0.4 is 4.90 Å². The highest BCUT2D eigenvalue weighted by Gasteiger charge is 2.41. The fraction of sp³-hybridized carbons (Fsp3) is 0.345. The van der Waals surface area contributed by atoms with E-state index >= 15 is 0 Å². The lowest BCUT2D eigenvalue weighted by molar-refractivity contribution is -0.138. The number of hydrogen-bond acceptors (Lipinski definition) is 5. The average molecular weight is 595 g/mol. The van der Waals surface area contributed by atoms with Gasteiger partial charge in [-0.15, -0.1) is 10.8 Å². The molecule has 1 atom stereocenters. The van der Waals surface area contributed by atoms with Gasteiger partial charge in [0.05, 0.1) is 26.7 Å². The lowest BCUT2D eigenvalue weighted by Crippen LogP contribution is -2.45. The van der Waals surface area contributed by atoms with Crippen molar-refractivity contribution in [2.75, 3.05) is 18.5 Å². The summed E-state index contributed by atoms with van der Waals surface area (Å²) in [4.78, 5) is 13.9. The number of para-hydroxylation sites is 1. The Morgan fingerprint density at radius 2 is 1.68 bits per heavy atom. The number of rotatable bonds is 4. The molecule has 3 aromatic carbocycles. The SMILES string of the molecule is CN1C(C2CCCCC2)CN(c2ccccc2)c2cc(Cl)c(-c3ccc(C(F)(F)F)c(C(=O)O)c3)cc2S1(O)O. The molecular weight excluding hydrogens is 565 g/mol. The monoisotopic (exact) mass is 594 g/mol. The maximum absolute atomic E-state index is 13.5. The predicted molar refractivity (Wildman–Crippen MR) is 152 cm³/mol. The van der Waals surface area contributed by atoms with Crippen molar-refractivity contribution in [1.29, 1.82) is 0 Å². The van der Waals surface area contributed by atoms with Gasteiger partial charge in [0.25, 0.3) is 0 Å². The van der Waals surface area contributed by atoms with E-state index in [1.54, 1.807) is 17.4 Å². The molecule has 0 amide bonds. The molecule has 0 saturated heterocycles. The minimum atomic E-state index is -4.85. The summed E-state index contributed by atoms with van der Waals surface area (Å²) < 4.78 is 65.5. The summed E-state index contributed by atoms with van der Waals surface area (Å²) in [6, 6.07) is 15.2. The number of likely N-dealkylation sites (N-methyl/N-ethyl adjacent to an activating group) is 1. The Bertz CT molecular complexity index is 1410. The molecule has 3 N–H and O–H groups in total. The number of alkyl halides is 3. The average Bonchev–Trinajstić information content (AvgIpc) is 3.00. The Hall–Kier alpha value is -2.76. The van der Waals surface area contributed by atoms with Crippen LogP contribution in [0.5, 0.6) is 0 Å². The van der Waals surface area contributed by atoms with Crippen LogP contribution in [-0.2, 0) is 6.18 Å². The first-order chi connectivity index (χ1) is 18.9. The summed E-state index contributed by atoms with van der Waals surface area (Å²) >= 11 is 6.71. The van der Waals surface area contributed by atoms with Crippen LogP contribution in [0.1, 0.15) is 48.0 Å². The molecule has 0 aromatic heterocycles. The summed E-state index contributed by atoms with van der Waals surface area (Å²) in [5, 5.41) is 9.65. The minimum Gasteiger partial charge on any atom is -0.478 e. The lowest BCUT2D eigenvalue weighted by Gasteiger charge is -2.46. The first kappa shape index (κ1) is 28.8. The first-order valence-electron chi connectivity index (χ1n) is 13.0. The number of anilines is 2. The fourth-order valence-electron chi connectivity index (χ4n) is 5.89. The van der Waals surface area contributed by atoms with Gasteiger partial charge in [-0.3, -0.25) is 9.11 Å². The van der Waals surface area contributed by atoms with Crippen LogP contribution in [0.25, 0.3) is 11.1 Å². The maximum atomic E-state index is 13.5. The summed E-state index contributed by atoms with van der Waals surface area (Å²) in [5.74, 6) is -1.48. The summed E-state index contributed by atoms with van der Waals surface area (Å²) in [7, 11) is -1.87. The molecule has 1 aliphatic carbocycles. The van der Waals surface area contributed by atoms with Crippen LogP contribution in [0.15, 0.2) is 65.6 Å². The minimum absolute atomic E-state index is 0.121. The van der Waals surface area contributed by atoms with Gasteiger partial charge in [0.2, 0.25) is 0 Å². The Balaban J connectivity index is 1.69. The highest BCUT2D eigenvalue weighted by Crippen LogP contribution is 2.60. The van der Waals surface area contributed by atoms with Gasteiger partial charge >= 0.3 is 12.1 Å². The van der Waals surface area contributed by atoms with E-state index in [0.29, 0.717) is 18.3 Å². The number of halogens is 4. The first-order valence-corrected chi connectivity index (χ1v) is 14.9. The van der Waals surface area contributed by atoms with Gasteiger partial charge in [-0.2, -0.15) is 17.5 Å². The van der Waals surface area contributed by atoms with Crippen molar-refractivity contribution in [2.45, 2.75) is 49.2 Å². The molecule has 11 heteroatoms. The van der Waals surface area contributed by atoms with Crippen molar-refractivity contribution in [3.63, 3.8) is 0 Å². The van der Waals surface area contributed by atoms with Crippen LogP contribution in [0.2, 0.25) is 5.02 Å². The second-order valence-corrected chi connectivity index (χ2v) is 12.8. The smallest absolute Gasteiger partial charge is 0.417 e. The number of carboxylic acid groups (broad SMARTS) is 1. The molecule has 6 nitrogen and oxygen atoms in total. The van der Waals surface area contributed by atoms with Gasteiger partial charge in [0.15, 0.2) is 0 Å². The zero-order valence-corrected chi connectivity index (χ0v) is 23.3. The Morgan fingerprint density at radius 1 is 1.00 bits per heavy atom. The number of benzene rings is 3.